The Hall–Kier alpha value is -0.880. The lowest BCUT2D eigenvalue weighted by Crippen LogP contribution is -2.40. The molecular weight excluding hydrogens is 314 g/mol. The van der Waals surface area contributed by atoms with Crippen LogP contribution in [0.4, 0.5) is 5.69 Å². The molecule has 6 heteroatoms. The van der Waals surface area contributed by atoms with E-state index in [1.54, 1.807) is 0 Å². The van der Waals surface area contributed by atoms with Crippen molar-refractivity contribution in [1.29, 1.82) is 0 Å². The SMILES string of the molecule is CC1CSCCN1c1ccc(/C(N)=N/O)c(Br)c1. The Bertz CT molecular complexity index is 467. The first-order valence-corrected chi connectivity index (χ1v) is 7.70. The van der Waals surface area contributed by atoms with Crippen LogP contribution in [0, 0.1) is 0 Å². The van der Waals surface area contributed by atoms with E-state index in [4.69, 9.17) is 10.9 Å². The van der Waals surface area contributed by atoms with Crippen LogP contribution in [-0.2, 0) is 0 Å². The van der Waals surface area contributed by atoms with Gasteiger partial charge >= 0.3 is 0 Å². The van der Waals surface area contributed by atoms with Crippen molar-refractivity contribution in [2.24, 2.45) is 10.9 Å². The van der Waals surface area contributed by atoms with Gasteiger partial charge in [-0.05, 0) is 41.1 Å². The van der Waals surface area contributed by atoms with E-state index in [-0.39, 0.29) is 5.84 Å². The fourth-order valence-electron chi connectivity index (χ4n) is 2.05. The minimum Gasteiger partial charge on any atom is -0.409 e. The highest BCUT2D eigenvalue weighted by Crippen LogP contribution is 2.28. The summed E-state index contributed by atoms with van der Waals surface area (Å²) in [5.74, 6) is 2.43. The molecule has 0 aliphatic carbocycles. The Morgan fingerprint density at radius 3 is 3.00 bits per heavy atom. The van der Waals surface area contributed by atoms with Crippen molar-refractivity contribution in [3.63, 3.8) is 0 Å². The molecule has 1 fully saturated rings. The molecule has 1 heterocycles. The topological polar surface area (TPSA) is 61.8 Å². The number of hydrogen-bond donors (Lipinski definition) is 2. The third-order valence-corrected chi connectivity index (χ3v) is 4.88. The van der Waals surface area contributed by atoms with E-state index in [9.17, 15) is 0 Å². The zero-order valence-electron chi connectivity index (χ0n) is 10.1. The van der Waals surface area contributed by atoms with E-state index >= 15 is 0 Å². The number of anilines is 1. The molecule has 0 aromatic heterocycles. The molecule has 1 aliphatic rings. The number of halogens is 1. The summed E-state index contributed by atoms with van der Waals surface area (Å²) in [6.07, 6.45) is 0. The Balaban J connectivity index is 2.28. The molecule has 1 unspecified atom stereocenters. The number of amidine groups is 1. The summed E-state index contributed by atoms with van der Waals surface area (Å²) >= 11 is 5.46. The largest absolute Gasteiger partial charge is 0.409 e. The predicted octanol–water partition coefficient (Wildman–Crippen LogP) is 2.49. The van der Waals surface area contributed by atoms with Crippen LogP contribution in [0.15, 0.2) is 27.8 Å². The zero-order chi connectivity index (χ0) is 13.1. The maximum Gasteiger partial charge on any atom is 0.171 e. The molecule has 1 aromatic rings. The summed E-state index contributed by atoms with van der Waals surface area (Å²) in [5, 5.41) is 11.7. The monoisotopic (exact) mass is 329 g/mol. The van der Waals surface area contributed by atoms with Crippen molar-refractivity contribution >= 4 is 39.2 Å². The number of hydrogen-bond acceptors (Lipinski definition) is 4. The smallest absolute Gasteiger partial charge is 0.171 e. The van der Waals surface area contributed by atoms with Gasteiger partial charge in [-0.1, -0.05) is 5.16 Å². The van der Waals surface area contributed by atoms with E-state index in [0.717, 1.165) is 22.5 Å². The molecule has 1 aromatic carbocycles. The molecule has 0 spiro atoms. The highest BCUT2D eigenvalue weighted by molar-refractivity contribution is 9.10. The molecule has 1 atom stereocenters. The van der Waals surface area contributed by atoms with Crippen molar-refractivity contribution in [2.45, 2.75) is 13.0 Å². The molecule has 1 saturated heterocycles. The van der Waals surface area contributed by atoms with Gasteiger partial charge in [0.25, 0.3) is 0 Å². The average molecular weight is 330 g/mol. The first-order chi connectivity index (χ1) is 8.63. The van der Waals surface area contributed by atoms with Crippen molar-refractivity contribution in [2.75, 3.05) is 23.0 Å². The summed E-state index contributed by atoms with van der Waals surface area (Å²) in [5.41, 5.74) is 7.48. The molecule has 18 heavy (non-hydrogen) atoms. The van der Waals surface area contributed by atoms with Crippen molar-refractivity contribution in [3.05, 3.63) is 28.2 Å². The van der Waals surface area contributed by atoms with Crippen LogP contribution in [0.5, 0.6) is 0 Å². The second kappa shape index (κ2) is 5.84. The van der Waals surface area contributed by atoms with E-state index < -0.39 is 0 Å². The Labute approximate surface area is 119 Å². The molecule has 4 nitrogen and oxygen atoms in total. The van der Waals surface area contributed by atoms with Crippen LogP contribution in [0.25, 0.3) is 0 Å². The standard InChI is InChI=1S/C12H16BrN3OS/c1-8-7-18-5-4-16(8)9-2-3-10(11(13)6-9)12(14)15-17/h2-3,6,8,17H,4-5,7H2,1H3,(H2,14,15). The lowest BCUT2D eigenvalue weighted by molar-refractivity contribution is 0.318. The highest BCUT2D eigenvalue weighted by Gasteiger charge is 2.19. The quantitative estimate of drug-likeness (QED) is 0.379. The van der Waals surface area contributed by atoms with E-state index in [0.29, 0.717) is 11.6 Å². The number of rotatable bonds is 2. The summed E-state index contributed by atoms with van der Waals surface area (Å²) < 4.78 is 0.848. The summed E-state index contributed by atoms with van der Waals surface area (Å²) in [6.45, 7) is 3.29. The van der Waals surface area contributed by atoms with Crippen LogP contribution in [0.2, 0.25) is 0 Å². The van der Waals surface area contributed by atoms with Gasteiger partial charge in [-0.3, -0.25) is 0 Å². The predicted molar refractivity (Wildman–Crippen MR) is 80.8 cm³/mol. The Kier molecular flexibility index (Phi) is 4.40. The molecule has 2 rings (SSSR count). The first kappa shape index (κ1) is 13.5. The Morgan fingerprint density at radius 1 is 1.61 bits per heavy atom. The number of nitrogens with two attached hydrogens (primary N) is 1. The molecule has 1 aliphatic heterocycles. The van der Waals surface area contributed by atoms with Gasteiger partial charge in [-0.2, -0.15) is 11.8 Å². The van der Waals surface area contributed by atoms with Crippen molar-refractivity contribution in [3.8, 4) is 0 Å². The van der Waals surface area contributed by atoms with Crippen LogP contribution >= 0.6 is 27.7 Å². The first-order valence-electron chi connectivity index (χ1n) is 5.75. The third-order valence-electron chi connectivity index (χ3n) is 3.04. The molecule has 0 bridgehead atoms. The molecule has 98 valence electrons. The van der Waals surface area contributed by atoms with E-state index in [1.165, 1.54) is 5.69 Å². The van der Waals surface area contributed by atoms with E-state index in [1.807, 2.05) is 30.0 Å². The molecular formula is C12H16BrN3OS. The molecule has 0 radical (unpaired) electrons. The van der Waals surface area contributed by atoms with Crippen LogP contribution in [0.3, 0.4) is 0 Å². The maximum atomic E-state index is 8.70. The Morgan fingerprint density at radius 2 is 2.39 bits per heavy atom. The average Bonchev–Trinajstić information content (AvgIpc) is 2.38. The zero-order valence-corrected chi connectivity index (χ0v) is 12.5. The number of thioether (sulfide) groups is 1. The summed E-state index contributed by atoms with van der Waals surface area (Å²) in [7, 11) is 0. The molecule has 0 amide bonds. The fourth-order valence-corrected chi connectivity index (χ4v) is 3.64. The number of benzene rings is 1. The maximum absolute atomic E-state index is 8.70. The van der Waals surface area contributed by atoms with Gasteiger partial charge < -0.3 is 15.8 Å². The van der Waals surface area contributed by atoms with Crippen LogP contribution in [-0.4, -0.2) is 35.1 Å². The van der Waals surface area contributed by atoms with Crippen LogP contribution < -0.4 is 10.6 Å². The second-order valence-corrected chi connectivity index (χ2v) is 6.27. The lowest BCUT2D eigenvalue weighted by Gasteiger charge is -2.35. The minimum atomic E-state index is 0.121. The second-order valence-electron chi connectivity index (χ2n) is 4.27. The van der Waals surface area contributed by atoms with Crippen molar-refractivity contribution < 1.29 is 5.21 Å². The third kappa shape index (κ3) is 2.75. The van der Waals surface area contributed by atoms with Gasteiger partial charge in [0.1, 0.15) is 0 Å². The van der Waals surface area contributed by atoms with Crippen LogP contribution in [0.1, 0.15) is 12.5 Å². The number of nitrogens with zero attached hydrogens (tertiary/aromatic N) is 2. The summed E-state index contributed by atoms with van der Waals surface area (Å²) in [4.78, 5) is 2.39. The fraction of sp³-hybridized carbons (Fsp3) is 0.417. The van der Waals surface area contributed by atoms with Crippen molar-refractivity contribution in [1.82, 2.24) is 0 Å². The normalized spacial score (nSPS) is 21.1. The number of oxime groups is 1. The summed E-state index contributed by atoms with van der Waals surface area (Å²) in [6, 6.07) is 6.46. The van der Waals surface area contributed by atoms with Gasteiger partial charge in [0.05, 0.1) is 0 Å². The van der Waals surface area contributed by atoms with Gasteiger partial charge in [0.2, 0.25) is 0 Å². The lowest BCUT2D eigenvalue weighted by atomic mass is 10.1. The van der Waals surface area contributed by atoms with Gasteiger partial charge in [-0.25, -0.2) is 0 Å². The van der Waals surface area contributed by atoms with Gasteiger partial charge in [0.15, 0.2) is 5.84 Å². The molecule has 3 N–H and O–H groups in total. The highest BCUT2D eigenvalue weighted by atomic mass is 79.9. The van der Waals surface area contributed by atoms with Gasteiger partial charge in [0, 0.05) is 39.8 Å². The van der Waals surface area contributed by atoms with Gasteiger partial charge in [-0.15, -0.1) is 0 Å². The van der Waals surface area contributed by atoms with E-state index in [2.05, 4.69) is 32.9 Å². The molecule has 0 saturated carbocycles. The minimum absolute atomic E-state index is 0.121.